The van der Waals surface area contributed by atoms with Gasteiger partial charge in [0.05, 0.1) is 12.2 Å². The Bertz CT molecular complexity index is 499. The first-order valence-corrected chi connectivity index (χ1v) is 8.13. The number of allylic oxidation sites excluding steroid dienone is 1. The lowest BCUT2D eigenvalue weighted by Gasteiger charge is -2.43. The van der Waals surface area contributed by atoms with Crippen molar-refractivity contribution < 1.29 is 19.4 Å². The summed E-state index contributed by atoms with van der Waals surface area (Å²) in [5.41, 5.74) is -0.0594. The molecule has 4 nitrogen and oxygen atoms in total. The van der Waals surface area contributed by atoms with E-state index in [4.69, 9.17) is 9.47 Å². The number of carbonyl (C=O) groups is 1. The number of fused-ring (bicyclic) bond motifs is 1. The van der Waals surface area contributed by atoms with Gasteiger partial charge in [0.1, 0.15) is 5.60 Å². The second kappa shape index (κ2) is 6.07. The fourth-order valence-corrected chi connectivity index (χ4v) is 3.64. The van der Waals surface area contributed by atoms with Gasteiger partial charge in [-0.15, -0.1) is 0 Å². The van der Waals surface area contributed by atoms with E-state index >= 15 is 0 Å². The van der Waals surface area contributed by atoms with Gasteiger partial charge in [0.2, 0.25) is 5.76 Å². The number of aliphatic hydroxyl groups is 1. The second-order valence-corrected chi connectivity index (χ2v) is 7.18. The lowest BCUT2D eigenvalue weighted by molar-refractivity contribution is -0.151. The van der Waals surface area contributed by atoms with Gasteiger partial charge in [-0.25, -0.2) is 4.79 Å². The van der Waals surface area contributed by atoms with Crippen LogP contribution >= 0.6 is 0 Å². The summed E-state index contributed by atoms with van der Waals surface area (Å²) in [5, 5.41) is 10.7. The summed E-state index contributed by atoms with van der Waals surface area (Å²) >= 11 is 0. The first-order chi connectivity index (χ1) is 10.2. The van der Waals surface area contributed by atoms with Gasteiger partial charge in [-0.1, -0.05) is 11.6 Å². The fraction of sp³-hybridized carbons (Fsp3) is 0.722. The van der Waals surface area contributed by atoms with Gasteiger partial charge in [-0.05, 0) is 53.5 Å². The van der Waals surface area contributed by atoms with Crippen LogP contribution in [0.15, 0.2) is 23.5 Å². The summed E-state index contributed by atoms with van der Waals surface area (Å²) in [6, 6.07) is 0. The highest BCUT2D eigenvalue weighted by molar-refractivity contribution is 5.86. The molecule has 1 aliphatic heterocycles. The average Bonchev–Trinajstić information content (AvgIpc) is 2.74. The van der Waals surface area contributed by atoms with Crippen molar-refractivity contribution in [1.29, 1.82) is 0 Å². The van der Waals surface area contributed by atoms with Gasteiger partial charge in [-0.3, -0.25) is 0 Å². The standard InChI is InChI=1S/C18H28O4/c1-6-21-16(19)15-11-14-13(8-9-17(14,4)20)18(5,22-15)10-7-12(2)3/h7,11,13-14,20H,6,8-10H2,1-5H3/t13-,14+,17-,18?/m1/s1. The number of carbonyl (C=O) groups excluding carboxylic acids is 1. The maximum Gasteiger partial charge on any atom is 0.373 e. The Balaban J connectivity index is 2.35. The first-order valence-electron chi connectivity index (χ1n) is 8.13. The van der Waals surface area contributed by atoms with E-state index in [2.05, 4.69) is 19.9 Å². The molecule has 2 aliphatic rings. The molecule has 2 rings (SSSR count). The van der Waals surface area contributed by atoms with Crippen molar-refractivity contribution in [2.75, 3.05) is 6.61 Å². The molecule has 0 radical (unpaired) electrons. The highest BCUT2D eigenvalue weighted by Gasteiger charge is 2.54. The maximum absolute atomic E-state index is 12.1. The van der Waals surface area contributed by atoms with Gasteiger partial charge in [0, 0.05) is 18.3 Å². The summed E-state index contributed by atoms with van der Waals surface area (Å²) in [6.45, 7) is 10.1. The molecule has 0 bridgehead atoms. The van der Waals surface area contributed by atoms with E-state index in [1.807, 2.05) is 13.8 Å². The number of ether oxygens (including phenoxy) is 2. The van der Waals surface area contributed by atoms with Gasteiger partial charge >= 0.3 is 5.97 Å². The van der Waals surface area contributed by atoms with E-state index in [0.29, 0.717) is 6.61 Å². The van der Waals surface area contributed by atoms with Crippen molar-refractivity contribution in [3.05, 3.63) is 23.5 Å². The molecule has 0 aromatic rings. The van der Waals surface area contributed by atoms with E-state index in [9.17, 15) is 9.90 Å². The molecule has 1 heterocycles. The highest BCUT2D eigenvalue weighted by Crippen LogP contribution is 2.52. The minimum Gasteiger partial charge on any atom is -0.480 e. The zero-order valence-corrected chi connectivity index (χ0v) is 14.3. The van der Waals surface area contributed by atoms with Gasteiger partial charge in [-0.2, -0.15) is 0 Å². The molecule has 1 N–H and O–H groups in total. The monoisotopic (exact) mass is 308 g/mol. The summed E-state index contributed by atoms with van der Waals surface area (Å²) in [5.74, 6) is -0.0606. The largest absolute Gasteiger partial charge is 0.480 e. The molecule has 0 amide bonds. The Labute approximate surface area is 133 Å². The molecule has 22 heavy (non-hydrogen) atoms. The van der Waals surface area contributed by atoms with Crippen molar-refractivity contribution in [2.45, 2.75) is 65.1 Å². The molecule has 1 aliphatic carbocycles. The Morgan fingerprint density at radius 2 is 2.18 bits per heavy atom. The number of hydrogen-bond donors (Lipinski definition) is 1. The van der Waals surface area contributed by atoms with Crippen LogP contribution in [0.2, 0.25) is 0 Å². The van der Waals surface area contributed by atoms with Crippen LogP contribution in [-0.2, 0) is 14.3 Å². The predicted octanol–water partition coefficient (Wildman–Crippen LogP) is 3.36. The third-order valence-corrected chi connectivity index (χ3v) is 4.96. The van der Waals surface area contributed by atoms with Gasteiger partial charge in [0.25, 0.3) is 0 Å². The predicted molar refractivity (Wildman–Crippen MR) is 85.1 cm³/mol. The maximum atomic E-state index is 12.1. The van der Waals surface area contributed by atoms with Crippen molar-refractivity contribution in [1.82, 2.24) is 0 Å². The molecule has 0 saturated heterocycles. The molecule has 0 aromatic carbocycles. The second-order valence-electron chi connectivity index (χ2n) is 7.18. The van der Waals surface area contributed by atoms with Gasteiger partial charge in [0.15, 0.2) is 0 Å². The Morgan fingerprint density at radius 1 is 1.50 bits per heavy atom. The molecule has 4 atom stereocenters. The summed E-state index contributed by atoms with van der Waals surface area (Å²) in [6.07, 6.45) is 6.27. The molecule has 1 fully saturated rings. The van der Waals surface area contributed by atoms with Gasteiger partial charge < -0.3 is 14.6 Å². The van der Waals surface area contributed by atoms with Crippen molar-refractivity contribution in [3.8, 4) is 0 Å². The molecular formula is C18H28O4. The molecular weight excluding hydrogens is 280 g/mol. The zero-order chi connectivity index (χ0) is 16.5. The van der Waals surface area contributed by atoms with Crippen LogP contribution in [0.1, 0.15) is 53.9 Å². The fourth-order valence-electron chi connectivity index (χ4n) is 3.64. The molecule has 0 aromatic heterocycles. The normalized spacial score (nSPS) is 36.9. The molecule has 4 heteroatoms. The Hall–Kier alpha value is -1.29. The van der Waals surface area contributed by atoms with E-state index in [-0.39, 0.29) is 17.6 Å². The summed E-state index contributed by atoms with van der Waals surface area (Å²) in [7, 11) is 0. The van der Waals surface area contributed by atoms with Crippen LogP contribution in [0.3, 0.4) is 0 Å². The highest BCUT2D eigenvalue weighted by atomic mass is 16.6. The molecule has 1 saturated carbocycles. The zero-order valence-electron chi connectivity index (χ0n) is 14.3. The SMILES string of the molecule is CCOC(=O)C1=C[C@H]2[C@@H](CC[C@@]2(C)O)C(C)(CC=C(C)C)O1. The minimum atomic E-state index is -0.793. The third kappa shape index (κ3) is 3.22. The van der Waals surface area contributed by atoms with Crippen molar-refractivity contribution in [3.63, 3.8) is 0 Å². The first kappa shape index (κ1) is 17.1. The van der Waals surface area contributed by atoms with E-state index < -0.39 is 17.2 Å². The van der Waals surface area contributed by atoms with Crippen molar-refractivity contribution >= 4 is 5.97 Å². The molecule has 124 valence electrons. The summed E-state index contributed by atoms with van der Waals surface area (Å²) < 4.78 is 11.2. The smallest absolute Gasteiger partial charge is 0.373 e. The Kier molecular flexibility index (Phi) is 4.71. The van der Waals surface area contributed by atoms with E-state index in [1.54, 1.807) is 13.0 Å². The quantitative estimate of drug-likeness (QED) is 0.639. The van der Waals surface area contributed by atoms with Crippen LogP contribution in [-0.4, -0.2) is 28.9 Å². The van der Waals surface area contributed by atoms with Crippen LogP contribution < -0.4 is 0 Å². The number of esters is 1. The Morgan fingerprint density at radius 3 is 2.77 bits per heavy atom. The van der Waals surface area contributed by atoms with E-state index in [1.165, 1.54) is 5.57 Å². The topological polar surface area (TPSA) is 55.8 Å². The number of rotatable bonds is 4. The third-order valence-electron chi connectivity index (χ3n) is 4.96. The number of hydrogen-bond acceptors (Lipinski definition) is 4. The molecule has 0 spiro atoms. The van der Waals surface area contributed by atoms with Crippen LogP contribution in [0.5, 0.6) is 0 Å². The van der Waals surface area contributed by atoms with Crippen molar-refractivity contribution in [2.24, 2.45) is 11.8 Å². The molecule has 1 unspecified atom stereocenters. The van der Waals surface area contributed by atoms with Crippen LogP contribution in [0.25, 0.3) is 0 Å². The lowest BCUT2D eigenvalue weighted by Crippen LogP contribution is -2.47. The lowest BCUT2D eigenvalue weighted by atomic mass is 9.74. The van der Waals surface area contributed by atoms with Crippen LogP contribution in [0.4, 0.5) is 0 Å². The average molecular weight is 308 g/mol. The van der Waals surface area contributed by atoms with E-state index in [0.717, 1.165) is 19.3 Å². The van der Waals surface area contributed by atoms with Crippen LogP contribution in [0, 0.1) is 11.8 Å². The minimum absolute atomic E-state index is 0.0729. The summed E-state index contributed by atoms with van der Waals surface area (Å²) in [4.78, 5) is 12.1.